The molecular formula is C22H18N4O7S. The Labute approximate surface area is 192 Å². The van der Waals surface area contributed by atoms with Crippen molar-refractivity contribution in [1.29, 1.82) is 0 Å². The molecule has 4 aromatic rings. The Morgan fingerprint density at radius 3 is 2.50 bits per heavy atom. The third-order valence-corrected chi connectivity index (χ3v) is 5.93. The predicted molar refractivity (Wildman–Crippen MR) is 123 cm³/mol. The van der Waals surface area contributed by atoms with Crippen LogP contribution in [0.1, 0.15) is 5.76 Å². The number of furan rings is 1. The van der Waals surface area contributed by atoms with Gasteiger partial charge in [-0.2, -0.15) is 0 Å². The Bertz CT molecular complexity index is 1680. The quantitative estimate of drug-likeness (QED) is 0.308. The first-order valence-electron chi connectivity index (χ1n) is 9.66. The number of aromatic amines is 1. The van der Waals surface area contributed by atoms with Crippen LogP contribution in [-0.2, 0) is 10.0 Å². The fraction of sp³-hybridized carbons (Fsp3) is 0.0455. The molecule has 174 valence electrons. The number of ether oxygens (including phenoxy) is 1. The highest BCUT2D eigenvalue weighted by Gasteiger charge is 2.15. The molecule has 0 saturated heterocycles. The molecule has 2 aromatic carbocycles. The van der Waals surface area contributed by atoms with Crippen LogP contribution in [0.15, 0.2) is 68.7 Å². The van der Waals surface area contributed by atoms with E-state index in [4.69, 9.17) is 14.3 Å². The van der Waals surface area contributed by atoms with Crippen molar-refractivity contribution in [1.82, 2.24) is 9.78 Å². The van der Waals surface area contributed by atoms with Gasteiger partial charge in [-0.25, -0.2) is 18.2 Å². The first kappa shape index (κ1) is 22.8. The molecule has 0 atom stereocenters. The van der Waals surface area contributed by atoms with Gasteiger partial charge in [0.2, 0.25) is 10.0 Å². The number of nitro benzene ring substituents is 1. The highest BCUT2D eigenvalue weighted by atomic mass is 32.2. The minimum absolute atomic E-state index is 0.0812. The van der Waals surface area contributed by atoms with Crippen molar-refractivity contribution in [2.75, 3.05) is 7.11 Å². The number of nitrogens with two attached hydrogens (primary N) is 1. The van der Waals surface area contributed by atoms with Crippen LogP contribution < -0.4 is 26.0 Å². The summed E-state index contributed by atoms with van der Waals surface area (Å²) in [4.78, 5) is 23.3. The Hall–Kier alpha value is -4.42. The van der Waals surface area contributed by atoms with Crippen LogP contribution in [0.2, 0.25) is 0 Å². The van der Waals surface area contributed by atoms with Crippen LogP contribution in [0.4, 0.5) is 5.69 Å². The monoisotopic (exact) mass is 482 g/mol. The van der Waals surface area contributed by atoms with E-state index >= 15 is 0 Å². The van der Waals surface area contributed by atoms with E-state index in [1.54, 1.807) is 12.1 Å². The summed E-state index contributed by atoms with van der Waals surface area (Å²) in [6.07, 6.45) is 1.50. The molecule has 34 heavy (non-hydrogen) atoms. The molecule has 0 amide bonds. The van der Waals surface area contributed by atoms with E-state index in [-0.39, 0.29) is 21.6 Å². The number of hydrogen-bond acceptors (Lipinski definition) is 7. The lowest BCUT2D eigenvalue weighted by Crippen LogP contribution is -2.33. The lowest BCUT2D eigenvalue weighted by Gasteiger charge is -2.05. The number of aromatic nitrogens is 2. The molecule has 2 aromatic heterocycles. The number of benzene rings is 2. The van der Waals surface area contributed by atoms with Crippen molar-refractivity contribution in [2.45, 2.75) is 4.90 Å². The zero-order valence-corrected chi connectivity index (χ0v) is 18.5. The van der Waals surface area contributed by atoms with Gasteiger partial charge in [-0.15, -0.1) is 0 Å². The maximum atomic E-state index is 12.9. The zero-order valence-electron chi connectivity index (χ0n) is 17.7. The van der Waals surface area contributed by atoms with Crippen LogP contribution in [0.3, 0.4) is 0 Å². The summed E-state index contributed by atoms with van der Waals surface area (Å²) in [5, 5.41) is 19.5. The number of nitrogens with zero attached hydrogens (tertiary/aromatic N) is 2. The zero-order chi connectivity index (χ0) is 24.6. The Balaban J connectivity index is 1.72. The summed E-state index contributed by atoms with van der Waals surface area (Å²) in [5.41, 5.74) is 0.339. The van der Waals surface area contributed by atoms with Gasteiger partial charge in [-0.1, -0.05) is 6.58 Å². The highest BCUT2D eigenvalue weighted by Crippen LogP contribution is 2.34. The van der Waals surface area contributed by atoms with E-state index in [1.165, 1.54) is 60.3 Å². The van der Waals surface area contributed by atoms with Crippen LogP contribution in [-0.4, -0.2) is 30.2 Å². The minimum atomic E-state index is -3.86. The van der Waals surface area contributed by atoms with Gasteiger partial charge in [0.05, 0.1) is 44.8 Å². The number of hydrogen-bond donors (Lipinski definition) is 2. The molecule has 0 saturated carbocycles. The molecule has 12 heteroatoms. The van der Waals surface area contributed by atoms with E-state index in [9.17, 15) is 23.3 Å². The van der Waals surface area contributed by atoms with Crippen molar-refractivity contribution >= 4 is 28.4 Å². The largest absolute Gasteiger partial charge is 0.496 e. The topological polar surface area (TPSA) is 163 Å². The number of H-pyrrole nitrogens is 1. The van der Waals surface area contributed by atoms with Gasteiger partial charge in [0.1, 0.15) is 17.3 Å². The minimum Gasteiger partial charge on any atom is -0.496 e. The maximum Gasteiger partial charge on any atom is 0.279 e. The molecule has 0 radical (unpaired) electrons. The van der Waals surface area contributed by atoms with E-state index in [1.807, 2.05) is 0 Å². The Morgan fingerprint density at radius 1 is 1.18 bits per heavy atom. The van der Waals surface area contributed by atoms with Crippen LogP contribution in [0.5, 0.6) is 5.75 Å². The van der Waals surface area contributed by atoms with Crippen molar-refractivity contribution in [3.63, 3.8) is 0 Å². The van der Waals surface area contributed by atoms with Gasteiger partial charge < -0.3 is 9.15 Å². The molecule has 0 spiro atoms. The highest BCUT2D eigenvalue weighted by molar-refractivity contribution is 7.89. The second-order valence-electron chi connectivity index (χ2n) is 7.17. The normalized spacial score (nSPS) is 12.1. The van der Waals surface area contributed by atoms with E-state index in [0.29, 0.717) is 28.1 Å². The summed E-state index contributed by atoms with van der Waals surface area (Å²) in [6, 6.07) is 12.9. The average Bonchev–Trinajstić information content (AvgIpc) is 3.38. The first-order chi connectivity index (χ1) is 16.1. The first-order valence-corrected chi connectivity index (χ1v) is 11.2. The van der Waals surface area contributed by atoms with Crippen molar-refractivity contribution in [3.8, 4) is 22.8 Å². The average molecular weight is 482 g/mol. The van der Waals surface area contributed by atoms with Gasteiger partial charge in [0, 0.05) is 6.07 Å². The standard InChI is InChI=1S/C22H18N4O7S/c1-13-19(22(27)25(24-13)14-3-7-17(8-4-14)34(23,30)31)12-16-6-10-20(33-16)18-9-5-15(26(28)29)11-21(18)32-2/h3-12,24H,1H2,2H3,(H2,23,30,31)/b19-12-. The molecule has 0 fully saturated rings. The number of non-ortho nitro benzene ring substituents is 1. The molecule has 4 rings (SSSR count). The Kier molecular flexibility index (Phi) is 5.69. The lowest BCUT2D eigenvalue weighted by atomic mass is 10.1. The third-order valence-electron chi connectivity index (χ3n) is 5.00. The molecular weight excluding hydrogens is 464 g/mol. The SMILES string of the molecule is C=c1[nH]n(-c2ccc(S(N)(=O)=O)cc2)c(=O)/c1=C\c1ccc(-c2ccc([N+](=O)[O-])cc2OC)o1. The van der Waals surface area contributed by atoms with E-state index in [2.05, 4.69) is 11.7 Å². The number of rotatable bonds is 6. The number of nitrogens with one attached hydrogen (secondary N) is 1. The number of sulfonamides is 1. The van der Waals surface area contributed by atoms with Crippen LogP contribution >= 0.6 is 0 Å². The second kappa shape index (κ2) is 8.50. The summed E-state index contributed by atoms with van der Waals surface area (Å²) in [6.45, 7) is 3.85. The fourth-order valence-corrected chi connectivity index (χ4v) is 3.84. The fourth-order valence-electron chi connectivity index (χ4n) is 3.33. The van der Waals surface area contributed by atoms with E-state index in [0.717, 1.165) is 0 Å². The predicted octanol–water partition coefficient (Wildman–Crippen LogP) is 1.23. The summed E-state index contributed by atoms with van der Waals surface area (Å²) in [7, 11) is -2.46. The molecule has 0 bridgehead atoms. The van der Waals surface area contributed by atoms with Crippen LogP contribution in [0, 0.1) is 10.1 Å². The smallest absolute Gasteiger partial charge is 0.279 e. The third kappa shape index (κ3) is 4.27. The van der Waals surface area contributed by atoms with Crippen molar-refractivity contribution in [3.05, 3.63) is 91.4 Å². The molecule has 3 N–H and O–H groups in total. The van der Waals surface area contributed by atoms with Crippen molar-refractivity contribution < 1.29 is 22.5 Å². The van der Waals surface area contributed by atoms with Crippen LogP contribution in [0.25, 0.3) is 29.7 Å². The van der Waals surface area contributed by atoms with Gasteiger partial charge in [-0.3, -0.25) is 20.0 Å². The Morgan fingerprint density at radius 2 is 1.88 bits per heavy atom. The molecule has 0 aliphatic rings. The summed E-state index contributed by atoms with van der Waals surface area (Å²) >= 11 is 0. The molecule has 2 heterocycles. The number of nitro groups is 1. The summed E-state index contributed by atoms with van der Waals surface area (Å²) in [5.74, 6) is 0.992. The molecule has 0 aliphatic carbocycles. The number of primary sulfonamides is 1. The van der Waals surface area contributed by atoms with Gasteiger partial charge in [0.15, 0.2) is 0 Å². The number of methoxy groups -OCH3 is 1. The lowest BCUT2D eigenvalue weighted by molar-refractivity contribution is -0.384. The molecule has 0 aliphatic heterocycles. The maximum absolute atomic E-state index is 12.9. The van der Waals surface area contributed by atoms with E-state index < -0.39 is 20.5 Å². The van der Waals surface area contributed by atoms with Gasteiger partial charge in [-0.05, 0) is 48.5 Å². The van der Waals surface area contributed by atoms with Gasteiger partial charge in [0.25, 0.3) is 11.2 Å². The summed E-state index contributed by atoms with van der Waals surface area (Å²) < 4.78 is 35.2. The molecule has 11 nitrogen and oxygen atoms in total. The second-order valence-corrected chi connectivity index (χ2v) is 8.73. The molecule has 0 unspecified atom stereocenters. The van der Waals surface area contributed by atoms with Crippen molar-refractivity contribution in [2.24, 2.45) is 5.14 Å². The van der Waals surface area contributed by atoms with Gasteiger partial charge >= 0.3 is 0 Å².